The first-order valence-corrected chi connectivity index (χ1v) is 7.19. The number of hydrogen-bond donors (Lipinski definition) is 2. The van der Waals surface area contributed by atoms with Gasteiger partial charge in [0.25, 0.3) is 0 Å². The minimum atomic E-state index is -4.42. The summed E-state index contributed by atoms with van der Waals surface area (Å²) < 4.78 is 60.7. The summed E-state index contributed by atoms with van der Waals surface area (Å²) in [5, 5.41) is 8.92. The fourth-order valence-electron chi connectivity index (χ4n) is 1.30. The average Bonchev–Trinajstić information content (AvgIpc) is 2.09. The van der Waals surface area contributed by atoms with E-state index in [0.717, 1.165) is 0 Å². The zero-order chi connectivity index (χ0) is 15.5. The van der Waals surface area contributed by atoms with Gasteiger partial charge in [0, 0.05) is 6.42 Å². The van der Waals surface area contributed by atoms with Crippen LogP contribution in [0, 0.1) is 5.41 Å². The fraction of sp³-hybridized carbons (Fsp3) is 0.900. The summed E-state index contributed by atoms with van der Waals surface area (Å²) in [5.74, 6) is -2.13. The van der Waals surface area contributed by atoms with Gasteiger partial charge in [0.2, 0.25) is 10.0 Å². The molecular weight excluding hydrogens is 287 g/mol. The maximum atomic E-state index is 11.9. The van der Waals surface area contributed by atoms with Gasteiger partial charge in [-0.25, -0.2) is 13.1 Å². The maximum Gasteiger partial charge on any atom is 0.389 e. The number of nitrogens with one attached hydrogen (secondary N) is 1. The third-order valence-corrected chi connectivity index (χ3v) is 3.70. The molecule has 0 bridgehead atoms. The van der Waals surface area contributed by atoms with Crippen LogP contribution in [0.3, 0.4) is 0 Å². The van der Waals surface area contributed by atoms with Crippen LogP contribution in [0.1, 0.15) is 33.6 Å². The van der Waals surface area contributed by atoms with Crippen molar-refractivity contribution in [2.75, 3.05) is 5.75 Å². The number of hydrogen-bond acceptors (Lipinski definition) is 3. The fourth-order valence-corrected chi connectivity index (χ4v) is 2.75. The molecule has 0 fully saturated rings. The summed E-state index contributed by atoms with van der Waals surface area (Å²) in [6.45, 7) is 4.55. The van der Waals surface area contributed by atoms with Crippen molar-refractivity contribution in [2.24, 2.45) is 5.41 Å². The van der Waals surface area contributed by atoms with E-state index in [9.17, 15) is 26.4 Å². The summed E-state index contributed by atoms with van der Waals surface area (Å²) in [6, 6.07) is -1.39. The highest BCUT2D eigenvalue weighted by atomic mass is 32.2. The number of rotatable bonds is 6. The first-order chi connectivity index (χ1) is 8.25. The molecule has 0 rings (SSSR count). The first kappa shape index (κ1) is 18.2. The number of carboxylic acids is 1. The number of halogens is 3. The molecule has 0 saturated heterocycles. The van der Waals surface area contributed by atoms with Crippen molar-refractivity contribution < 1.29 is 31.5 Å². The van der Waals surface area contributed by atoms with Gasteiger partial charge in [-0.2, -0.15) is 13.2 Å². The van der Waals surface area contributed by atoms with Gasteiger partial charge in [-0.15, -0.1) is 0 Å². The van der Waals surface area contributed by atoms with Crippen LogP contribution in [-0.4, -0.2) is 37.5 Å². The Hall–Kier alpha value is -0.830. The predicted octanol–water partition coefficient (Wildman–Crippen LogP) is 1.75. The molecule has 0 aliphatic heterocycles. The number of alkyl halides is 3. The van der Waals surface area contributed by atoms with Gasteiger partial charge >= 0.3 is 12.1 Å². The summed E-state index contributed by atoms with van der Waals surface area (Å²) in [5.41, 5.74) is -0.886. The van der Waals surface area contributed by atoms with E-state index in [1.807, 2.05) is 4.72 Å². The van der Waals surface area contributed by atoms with Gasteiger partial charge in [0.15, 0.2) is 0 Å². The molecule has 1 atom stereocenters. The lowest BCUT2D eigenvalue weighted by Crippen LogP contribution is -2.49. The second-order valence-electron chi connectivity index (χ2n) is 5.29. The minimum Gasteiger partial charge on any atom is -0.480 e. The molecule has 0 radical (unpaired) electrons. The van der Waals surface area contributed by atoms with Crippen LogP contribution in [0.5, 0.6) is 0 Å². The topological polar surface area (TPSA) is 83.5 Å². The first-order valence-electron chi connectivity index (χ1n) is 5.54. The molecule has 114 valence electrons. The Kier molecular flexibility index (Phi) is 5.82. The molecular formula is C10H18F3NO4S. The van der Waals surface area contributed by atoms with Gasteiger partial charge in [-0.05, 0) is 11.8 Å². The van der Waals surface area contributed by atoms with Crippen molar-refractivity contribution in [3.8, 4) is 0 Å². The van der Waals surface area contributed by atoms with E-state index in [1.54, 1.807) is 0 Å². The van der Waals surface area contributed by atoms with E-state index in [4.69, 9.17) is 5.11 Å². The minimum absolute atomic E-state index is 0.602. The molecule has 0 spiro atoms. The van der Waals surface area contributed by atoms with Crippen LogP contribution in [0.25, 0.3) is 0 Å². The summed E-state index contributed by atoms with van der Waals surface area (Å²) >= 11 is 0. The van der Waals surface area contributed by atoms with Gasteiger partial charge < -0.3 is 5.11 Å². The Bertz CT molecular complexity index is 411. The van der Waals surface area contributed by atoms with E-state index in [2.05, 4.69) is 0 Å². The zero-order valence-electron chi connectivity index (χ0n) is 10.9. The average molecular weight is 305 g/mol. The number of sulfonamides is 1. The molecule has 0 aromatic heterocycles. The van der Waals surface area contributed by atoms with Crippen molar-refractivity contribution in [1.29, 1.82) is 0 Å². The van der Waals surface area contributed by atoms with Gasteiger partial charge in [0.1, 0.15) is 6.04 Å². The van der Waals surface area contributed by atoms with E-state index in [0.29, 0.717) is 0 Å². The molecule has 5 nitrogen and oxygen atoms in total. The Morgan fingerprint density at radius 3 is 2.05 bits per heavy atom. The van der Waals surface area contributed by atoms with Crippen molar-refractivity contribution in [1.82, 2.24) is 4.72 Å². The molecule has 2 N–H and O–H groups in total. The summed E-state index contributed by atoms with van der Waals surface area (Å²) in [7, 11) is -4.06. The van der Waals surface area contributed by atoms with Crippen molar-refractivity contribution in [3.05, 3.63) is 0 Å². The predicted molar refractivity (Wildman–Crippen MR) is 63.1 cm³/mol. The van der Waals surface area contributed by atoms with Crippen LogP contribution in [0.4, 0.5) is 13.2 Å². The number of carboxylic acid groups (broad SMARTS) is 1. The highest BCUT2D eigenvalue weighted by Gasteiger charge is 2.35. The van der Waals surface area contributed by atoms with Crippen LogP contribution >= 0.6 is 0 Å². The lowest BCUT2D eigenvalue weighted by molar-refractivity contribution is -0.141. The number of aliphatic carboxylic acids is 1. The Labute approximate surface area is 110 Å². The van der Waals surface area contributed by atoms with E-state index in [1.165, 1.54) is 20.8 Å². The molecule has 0 saturated carbocycles. The van der Waals surface area contributed by atoms with Crippen LogP contribution in [-0.2, 0) is 14.8 Å². The molecule has 0 aromatic carbocycles. The summed E-state index contributed by atoms with van der Waals surface area (Å²) in [6.07, 6.45) is -6.25. The van der Waals surface area contributed by atoms with Gasteiger partial charge in [-0.1, -0.05) is 20.8 Å². The molecule has 0 aliphatic carbocycles. The third kappa shape index (κ3) is 8.04. The monoisotopic (exact) mass is 305 g/mol. The lowest BCUT2D eigenvalue weighted by atomic mass is 9.88. The quantitative estimate of drug-likeness (QED) is 0.783. The number of carbonyl (C=O) groups is 1. The largest absolute Gasteiger partial charge is 0.480 e. The second-order valence-corrected chi connectivity index (χ2v) is 7.17. The Balaban J connectivity index is 4.63. The second kappa shape index (κ2) is 6.08. The van der Waals surface area contributed by atoms with Crippen molar-refractivity contribution in [2.45, 2.75) is 45.8 Å². The molecule has 0 heterocycles. The highest BCUT2D eigenvalue weighted by Crippen LogP contribution is 2.23. The summed E-state index contributed by atoms with van der Waals surface area (Å²) in [4.78, 5) is 10.9. The highest BCUT2D eigenvalue weighted by molar-refractivity contribution is 7.89. The van der Waals surface area contributed by atoms with E-state index in [-0.39, 0.29) is 0 Å². The van der Waals surface area contributed by atoms with Gasteiger partial charge in [0.05, 0.1) is 5.75 Å². The normalized spacial score (nSPS) is 15.3. The zero-order valence-corrected chi connectivity index (χ0v) is 11.7. The lowest BCUT2D eigenvalue weighted by Gasteiger charge is -2.27. The van der Waals surface area contributed by atoms with Crippen molar-refractivity contribution in [3.63, 3.8) is 0 Å². The molecule has 9 heteroatoms. The van der Waals surface area contributed by atoms with Crippen molar-refractivity contribution >= 4 is 16.0 Å². The molecule has 0 aliphatic rings. The molecule has 0 unspecified atom stereocenters. The molecule has 0 aromatic rings. The standard InChI is InChI=1S/C10H18F3NO4S/c1-9(2,3)7(8(15)16)14-19(17,18)6-4-5-10(11,12)13/h7,14H,4-6H2,1-3H3,(H,15,16)/t7-/m0/s1. The van der Waals surface area contributed by atoms with Crippen LogP contribution in [0.15, 0.2) is 0 Å². The third-order valence-electron chi connectivity index (χ3n) is 2.28. The molecule has 19 heavy (non-hydrogen) atoms. The Morgan fingerprint density at radius 1 is 1.26 bits per heavy atom. The smallest absolute Gasteiger partial charge is 0.389 e. The molecule has 0 amide bonds. The van der Waals surface area contributed by atoms with E-state index >= 15 is 0 Å². The Morgan fingerprint density at radius 2 is 1.74 bits per heavy atom. The van der Waals surface area contributed by atoms with Crippen LogP contribution in [0.2, 0.25) is 0 Å². The van der Waals surface area contributed by atoms with E-state index < -0.39 is 52.2 Å². The van der Waals surface area contributed by atoms with Crippen LogP contribution < -0.4 is 4.72 Å². The maximum absolute atomic E-state index is 11.9. The van der Waals surface area contributed by atoms with Gasteiger partial charge in [-0.3, -0.25) is 4.79 Å². The SMILES string of the molecule is CC(C)(C)[C@@H](NS(=O)(=O)CCCC(F)(F)F)C(=O)O.